The molecule has 14 heteroatoms. The summed E-state index contributed by atoms with van der Waals surface area (Å²) in [5, 5.41) is 17.9. The number of nitrogens with zero attached hydrogens (tertiary/aromatic N) is 8. The maximum Gasteiger partial charge on any atom is 0.514 e. The topological polar surface area (TPSA) is 147 Å². The second-order valence-corrected chi connectivity index (χ2v) is 16.3. The number of carbonyl (C=O) groups excluding carboxylic acids is 3. The van der Waals surface area contributed by atoms with E-state index in [1.165, 1.54) is 6.42 Å². The largest absolute Gasteiger partial charge is 0.514 e. The van der Waals surface area contributed by atoms with Crippen LogP contribution in [0.25, 0.3) is 22.5 Å². The number of rotatable bonds is 12. The third-order valence-electron chi connectivity index (χ3n) is 9.18. The Morgan fingerprint density at radius 2 is 1.27 bits per heavy atom. The van der Waals surface area contributed by atoms with Crippen LogP contribution in [-0.2, 0) is 15.9 Å². The van der Waals surface area contributed by atoms with Crippen LogP contribution in [0, 0.1) is 0 Å². The first-order chi connectivity index (χ1) is 26.0. The highest BCUT2D eigenvalue weighted by Gasteiger charge is 2.29. The van der Waals surface area contributed by atoms with E-state index in [2.05, 4.69) is 34.5 Å². The molecule has 2 aromatic carbocycles. The van der Waals surface area contributed by atoms with Crippen LogP contribution < -0.4 is 4.74 Å². The fraction of sp³-hybridized carbons (Fsp3) is 0.537. The van der Waals surface area contributed by atoms with Crippen LogP contribution in [0.3, 0.4) is 0 Å². The first-order valence-electron chi connectivity index (χ1n) is 19.2. The van der Waals surface area contributed by atoms with Crippen LogP contribution in [0.2, 0.25) is 0 Å². The molecule has 2 amide bonds. The normalized spacial score (nSPS) is 14.7. The fourth-order valence-corrected chi connectivity index (χ4v) is 6.21. The van der Waals surface area contributed by atoms with Crippen molar-refractivity contribution in [2.45, 2.75) is 118 Å². The first kappa shape index (κ1) is 40.9. The Balaban J connectivity index is 1.35. The quantitative estimate of drug-likeness (QED) is 0.0788. The smallest absolute Gasteiger partial charge is 0.444 e. The maximum absolute atomic E-state index is 14.1. The molecule has 1 saturated heterocycles. The molecule has 0 N–H and O–H groups in total. The lowest BCUT2D eigenvalue weighted by Crippen LogP contribution is -2.51. The van der Waals surface area contributed by atoms with Crippen molar-refractivity contribution in [1.29, 1.82) is 0 Å². The van der Waals surface area contributed by atoms with E-state index in [1.807, 2.05) is 75.1 Å². The maximum atomic E-state index is 14.1. The van der Waals surface area contributed by atoms with E-state index in [0.29, 0.717) is 55.3 Å². The molecule has 4 aromatic rings. The van der Waals surface area contributed by atoms with Gasteiger partial charge in [0.25, 0.3) is 5.91 Å². The van der Waals surface area contributed by atoms with E-state index < -0.39 is 17.4 Å². The number of hydrogen-bond acceptors (Lipinski definition) is 10. The summed E-state index contributed by atoms with van der Waals surface area (Å²) < 4.78 is 19.8. The van der Waals surface area contributed by atoms with E-state index in [4.69, 9.17) is 14.2 Å². The summed E-state index contributed by atoms with van der Waals surface area (Å²) in [5.41, 5.74) is 3.01. The van der Waals surface area contributed by atoms with E-state index in [-0.39, 0.29) is 24.1 Å². The average Bonchev–Trinajstić information content (AvgIpc) is 3.82. The SMILES string of the molecule is CCCCC[C@@H](C)n1cc(-c2cc(C(=O)N3CCN(C(=O)OC(C)(C)C)CC3)cc(-c3cn([C@H](C)Cc4ccc(OC(=O)OC(C)(C)C)cc4)nn3)c2)nn1. The lowest BCUT2D eigenvalue weighted by molar-refractivity contribution is 0.0140. The second-order valence-electron chi connectivity index (χ2n) is 16.3. The molecule has 0 saturated carbocycles. The molecule has 296 valence electrons. The van der Waals surface area contributed by atoms with E-state index in [1.54, 1.807) is 47.4 Å². The van der Waals surface area contributed by atoms with Crippen LogP contribution in [0.4, 0.5) is 9.59 Å². The van der Waals surface area contributed by atoms with Crippen molar-refractivity contribution in [3.8, 4) is 28.3 Å². The summed E-state index contributed by atoms with van der Waals surface area (Å²) in [6.07, 6.45) is 7.77. The van der Waals surface area contributed by atoms with Gasteiger partial charge in [0.05, 0.1) is 24.5 Å². The minimum absolute atomic E-state index is 0.0569. The molecule has 0 radical (unpaired) electrons. The molecule has 55 heavy (non-hydrogen) atoms. The number of piperazine rings is 1. The summed E-state index contributed by atoms with van der Waals surface area (Å²) in [7, 11) is 0. The van der Waals surface area contributed by atoms with Gasteiger partial charge >= 0.3 is 12.2 Å². The van der Waals surface area contributed by atoms with Gasteiger partial charge in [-0.15, -0.1) is 10.2 Å². The van der Waals surface area contributed by atoms with Crippen LogP contribution >= 0.6 is 0 Å². The predicted octanol–water partition coefficient (Wildman–Crippen LogP) is 8.16. The van der Waals surface area contributed by atoms with Gasteiger partial charge in [0.15, 0.2) is 0 Å². The molecule has 2 aromatic heterocycles. The molecular weight excluding hydrogens is 701 g/mol. The van der Waals surface area contributed by atoms with Crippen LogP contribution in [0.5, 0.6) is 5.75 Å². The van der Waals surface area contributed by atoms with Gasteiger partial charge in [0.1, 0.15) is 28.3 Å². The van der Waals surface area contributed by atoms with Crippen molar-refractivity contribution < 1.29 is 28.6 Å². The molecular formula is C41H56N8O6. The van der Waals surface area contributed by atoms with Crippen LogP contribution in [-0.4, -0.2) is 95.3 Å². The number of amides is 2. The van der Waals surface area contributed by atoms with Crippen molar-refractivity contribution in [2.75, 3.05) is 26.2 Å². The zero-order valence-electron chi connectivity index (χ0n) is 33.7. The lowest BCUT2D eigenvalue weighted by Gasteiger charge is -2.35. The van der Waals surface area contributed by atoms with Gasteiger partial charge in [-0.3, -0.25) is 4.79 Å². The highest BCUT2D eigenvalue weighted by Crippen LogP contribution is 2.29. The molecule has 14 nitrogen and oxygen atoms in total. The molecule has 0 aliphatic carbocycles. The van der Waals surface area contributed by atoms with E-state index >= 15 is 0 Å². The van der Waals surface area contributed by atoms with Crippen molar-refractivity contribution in [1.82, 2.24) is 39.8 Å². The highest BCUT2D eigenvalue weighted by molar-refractivity contribution is 5.97. The minimum atomic E-state index is -0.750. The van der Waals surface area contributed by atoms with Gasteiger partial charge in [-0.2, -0.15) is 0 Å². The molecule has 0 spiro atoms. The van der Waals surface area contributed by atoms with Gasteiger partial charge < -0.3 is 24.0 Å². The molecule has 2 atom stereocenters. The highest BCUT2D eigenvalue weighted by atomic mass is 16.7. The van der Waals surface area contributed by atoms with E-state index in [0.717, 1.165) is 36.0 Å². The molecule has 0 unspecified atom stereocenters. The Bertz CT molecular complexity index is 1920. The Morgan fingerprint density at radius 1 is 0.727 bits per heavy atom. The number of unbranched alkanes of at least 4 members (excludes halogenated alkanes) is 2. The lowest BCUT2D eigenvalue weighted by atomic mass is 10.0. The fourth-order valence-electron chi connectivity index (χ4n) is 6.21. The summed E-state index contributed by atoms with van der Waals surface area (Å²) in [4.78, 5) is 42.2. The van der Waals surface area contributed by atoms with E-state index in [9.17, 15) is 14.4 Å². The third-order valence-corrected chi connectivity index (χ3v) is 9.18. The standard InChI is InChI=1S/C41H56N8O6/c1-10-11-12-13-28(2)48-26-35(42-44-48)31-23-32(25-33(24-31)37(50)46-18-20-47(21-19-46)38(51)54-40(4,5)6)36-27-49(45-43-36)29(3)22-30-14-16-34(17-15-30)53-39(52)55-41(7,8)9/h14-17,23-29H,10-13,18-22H2,1-9H3/t28-,29-/m1/s1. The van der Waals surface area contributed by atoms with Gasteiger partial charge in [-0.05, 0) is 104 Å². The second kappa shape index (κ2) is 17.5. The Morgan fingerprint density at radius 3 is 1.82 bits per heavy atom. The molecule has 3 heterocycles. The summed E-state index contributed by atoms with van der Waals surface area (Å²) >= 11 is 0. The molecule has 1 fully saturated rings. The first-order valence-corrected chi connectivity index (χ1v) is 19.2. The summed E-state index contributed by atoms with van der Waals surface area (Å²) in [6.45, 7) is 18.8. The monoisotopic (exact) mass is 756 g/mol. The Hall–Kier alpha value is -5.27. The number of hydrogen-bond donors (Lipinski definition) is 0. The molecule has 5 rings (SSSR count). The van der Waals surface area contributed by atoms with Crippen molar-refractivity contribution >= 4 is 18.2 Å². The zero-order chi connectivity index (χ0) is 39.9. The summed E-state index contributed by atoms with van der Waals surface area (Å²) in [5.74, 6) is 0.252. The van der Waals surface area contributed by atoms with Gasteiger partial charge in [0, 0.05) is 42.9 Å². The van der Waals surface area contributed by atoms with Gasteiger partial charge in [-0.1, -0.05) is 48.7 Å². The van der Waals surface area contributed by atoms with Crippen molar-refractivity contribution in [2.24, 2.45) is 0 Å². The van der Waals surface area contributed by atoms with Crippen molar-refractivity contribution in [3.05, 3.63) is 66.0 Å². The van der Waals surface area contributed by atoms with Crippen molar-refractivity contribution in [3.63, 3.8) is 0 Å². The molecule has 1 aliphatic heterocycles. The molecule has 1 aliphatic rings. The average molecular weight is 757 g/mol. The number of aromatic nitrogens is 6. The number of ether oxygens (including phenoxy) is 3. The van der Waals surface area contributed by atoms with Crippen LogP contribution in [0.1, 0.15) is 116 Å². The Labute approximate surface area is 324 Å². The number of carbonyl (C=O) groups is 3. The van der Waals surface area contributed by atoms with Gasteiger partial charge in [-0.25, -0.2) is 19.0 Å². The predicted molar refractivity (Wildman–Crippen MR) is 209 cm³/mol. The van der Waals surface area contributed by atoms with Crippen LogP contribution in [0.15, 0.2) is 54.9 Å². The zero-order valence-corrected chi connectivity index (χ0v) is 33.7. The third kappa shape index (κ3) is 11.6. The summed E-state index contributed by atoms with van der Waals surface area (Å²) in [6, 6.07) is 13.1. The minimum Gasteiger partial charge on any atom is -0.444 e. The Kier molecular flexibility index (Phi) is 13.0. The van der Waals surface area contributed by atoms with Gasteiger partial charge in [0.2, 0.25) is 0 Å². The molecule has 0 bridgehead atoms. The number of benzene rings is 2.